The van der Waals surface area contributed by atoms with Gasteiger partial charge in [0.05, 0.1) is 39.3 Å². The highest BCUT2D eigenvalue weighted by molar-refractivity contribution is 6.42. The molecule has 0 radical (unpaired) electrons. The number of amides is 1. The highest BCUT2D eigenvalue weighted by Crippen LogP contribution is 2.48. The summed E-state index contributed by atoms with van der Waals surface area (Å²) in [6.45, 7) is -0.357. The molecule has 1 amide bonds. The topological polar surface area (TPSA) is 145 Å². The van der Waals surface area contributed by atoms with Gasteiger partial charge in [0.15, 0.2) is 0 Å². The number of nitrogens with one attached hydrogen (secondary N) is 1. The van der Waals surface area contributed by atoms with E-state index in [1.807, 2.05) is 30.3 Å². The zero-order chi connectivity index (χ0) is 38.9. The number of carbonyl (C=O) groups excluding carboxylic acids is 4. The number of benzene rings is 5. The molecule has 12 heteroatoms. The van der Waals surface area contributed by atoms with Gasteiger partial charge in [-0.2, -0.15) is 0 Å². The Balaban J connectivity index is 1.17. The van der Waals surface area contributed by atoms with Gasteiger partial charge in [-0.25, -0.2) is 4.79 Å². The van der Waals surface area contributed by atoms with Gasteiger partial charge in [-0.15, -0.1) is 0 Å². The summed E-state index contributed by atoms with van der Waals surface area (Å²) in [7, 11) is 0. The van der Waals surface area contributed by atoms with Gasteiger partial charge < -0.3 is 24.6 Å². The normalized spacial score (nSPS) is 18.0. The molecule has 1 fully saturated rings. The number of carboxylic acids is 1. The molecular weight excluding hydrogens is 745 g/mol. The molecule has 2 N–H and O–H groups in total. The first-order valence-electron chi connectivity index (χ1n) is 17.6. The average Bonchev–Trinajstić information content (AvgIpc) is 3.17. The van der Waals surface area contributed by atoms with Crippen LogP contribution in [0.4, 0.5) is 0 Å². The first-order chi connectivity index (χ1) is 26.6. The van der Waals surface area contributed by atoms with Crippen LogP contribution in [-0.4, -0.2) is 47.5 Å². The summed E-state index contributed by atoms with van der Waals surface area (Å²) in [6, 6.07) is 35.4. The summed E-state index contributed by atoms with van der Waals surface area (Å²) < 4.78 is 16.9. The lowest BCUT2D eigenvalue weighted by atomic mass is 9.56. The highest BCUT2D eigenvalue weighted by atomic mass is 35.5. The molecule has 5 atom stereocenters. The second-order valence-electron chi connectivity index (χ2n) is 13.2. The van der Waals surface area contributed by atoms with Crippen molar-refractivity contribution in [2.75, 3.05) is 6.54 Å². The van der Waals surface area contributed by atoms with Gasteiger partial charge in [0.25, 0.3) is 0 Å². The Kier molecular flexibility index (Phi) is 12.8. The maximum Gasteiger partial charge on any atom is 0.338 e. The second kappa shape index (κ2) is 18.1. The van der Waals surface area contributed by atoms with Gasteiger partial charge in [0.2, 0.25) is 5.91 Å². The van der Waals surface area contributed by atoms with Crippen molar-refractivity contribution in [2.45, 2.75) is 32.2 Å². The van der Waals surface area contributed by atoms with Crippen molar-refractivity contribution in [3.63, 3.8) is 0 Å². The average molecular weight is 783 g/mol. The van der Waals surface area contributed by atoms with Crippen LogP contribution in [0.3, 0.4) is 0 Å². The number of carbonyl (C=O) groups is 5. The van der Waals surface area contributed by atoms with E-state index in [2.05, 4.69) is 5.32 Å². The lowest BCUT2D eigenvalue weighted by molar-refractivity contribution is -0.193. The molecule has 5 aromatic carbocycles. The van der Waals surface area contributed by atoms with Crippen LogP contribution in [-0.2, 0) is 53.0 Å². The lowest BCUT2D eigenvalue weighted by Gasteiger charge is -2.45. The van der Waals surface area contributed by atoms with Gasteiger partial charge in [0.1, 0.15) is 19.3 Å². The molecule has 6 rings (SSSR count). The monoisotopic (exact) mass is 781 g/mol. The molecule has 0 aromatic heterocycles. The number of aliphatic carboxylic acids is 1. The van der Waals surface area contributed by atoms with Crippen molar-refractivity contribution in [3.8, 4) is 0 Å². The fourth-order valence-corrected chi connectivity index (χ4v) is 7.08. The van der Waals surface area contributed by atoms with Gasteiger partial charge in [-0.1, -0.05) is 120 Å². The van der Waals surface area contributed by atoms with E-state index in [0.717, 1.165) is 16.3 Å². The molecule has 1 saturated carbocycles. The summed E-state index contributed by atoms with van der Waals surface area (Å²) in [5.41, 5.74) is 2.39. The zero-order valence-corrected chi connectivity index (χ0v) is 31.0. The summed E-state index contributed by atoms with van der Waals surface area (Å²) in [5.74, 6) is -10.5. The number of ether oxygens (including phenoxy) is 3. The number of hydrogen-bond acceptors (Lipinski definition) is 8. The number of fused-ring (bicyclic) bond motifs is 1. The van der Waals surface area contributed by atoms with Gasteiger partial charge >= 0.3 is 23.9 Å². The Labute approximate surface area is 327 Å². The number of carboxylic acid groups (broad SMARTS) is 1. The fourth-order valence-electron chi connectivity index (χ4n) is 6.76. The molecule has 5 aromatic rings. The standard InChI is InChI=1S/C43H37Cl2NO9/c44-33-18-15-28(22-34(33)45)21-32(55-41(50)31-17-16-29-13-7-8-14-30(29)23-31)19-20-46-39(47)35-36(40(48)49)38(43(52)54-25-27-11-5-2-6-12-27)37(35)42(51)53-24-26-9-3-1-4-10-26/h1-18,22-23,32,35-38H,19-21,24-25H2,(H,46,47)(H,48,49)/t32-,35+,36+,37+,38+/m0/s1. The summed E-state index contributed by atoms with van der Waals surface area (Å²) in [6.07, 6.45) is -0.432. The van der Waals surface area contributed by atoms with E-state index in [1.54, 1.807) is 91.0 Å². The molecule has 0 unspecified atom stereocenters. The number of hydrogen-bond donors (Lipinski definition) is 2. The minimum absolute atomic E-state index is 0.0619. The molecule has 0 aliphatic heterocycles. The summed E-state index contributed by atoms with van der Waals surface area (Å²) in [4.78, 5) is 66.7. The largest absolute Gasteiger partial charge is 0.481 e. The number of esters is 3. The van der Waals surface area contributed by atoms with Crippen LogP contribution >= 0.6 is 23.2 Å². The smallest absolute Gasteiger partial charge is 0.338 e. The fraction of sp³-hybridized carbons (Fsp3) is 0.233. The molecule has 55 heavy (non-hydrogen) atoms. The van der Waals surface area contributed by atoms with Crippen LogP contribution in [0, 0.1) is 23.7 Å². The maximum absolute atomic E-state index is 13.8. The third-order valence-electron chi connectivity index (χ3n) is 9.60. The highest BCUT2D eigenvalue weighted by Gasteiger charge is 2.64. The summed E-state index contributed by atoms with van der Waals surface area (Å²) in [5, 5.41) is 15.4. The van der Waals surface area contributed by atoms with Crippen molar-refractivity contribution < 1.29 is 43.3 Å². The second-order valence-corrected chi connectivity index (χ2v) is 14.1. The Morgan fingerprint density at radius 3 is 1.80 bits per heavy atom. The first kappa shape index (κ1) is 39.0. The predicted octanol–water partition coefficient (Wildman–Crippen LogP) is 7.47. The molecule has 0 spiro atoms. The van der Waals surface area contributed by atoms with E-state index in [1.165, 1.54) is 0 Å². The molecular formula is C43H37Cl2NO9. The van der Waals surface area contributed by atoms with E-state index in [4.69, 9.17) is 37.4 Å². The van der Waals surface area contributed by atoms with E-state index >= 15 is 0 Å². The molecule has 0 heterocycles. The van der Waals surface area contributed by atoms with E-state index in [-0.39, 0.29) is 32.6 Å². The first-order valence-corrected chi connectivity index (χ1v) is 18.4. The van der Waals surface area contributed by atoms with Crippen molar-refractivity contribution in [1.29, 1.82) is 0 Å². The molecule has 1 aliphatic carbocycles. The Bertz CT molecular complexity index is 2180. The Morgan fingerprint density at radius 2 is 1.20 bits per heavy atom. The van der Waals surface area contributed by atoms with E-state index in [9.17, 15) is 29.1 Å². The maximum atomic E-state index is 13.8. The van der Waals surface area contributed by atoms with Crippen LogP contribution < -0.4 is 5.32 Å². The van der Waals surface area contributed by atoms with Crippen LogP contribution in [0.25, 0.3) is 10.8 Å². The van der Waals surface area contributed by atoms with Crippen LogP contribution in [0.5, 0.6) is 0 Å². The van der Waals surface area contributed by atoms with E-state index in [0.29, 0.717) is 26.7 Å². The molecule has 0 bridgehead atoms. The minimum Gasteiger partial charge on any atom is -0.481 e. The molecule has 282 valence electrons. The molecule has 1 aliphatic rings. The van der Waals surface area contributed by atoms with Crippen LogP contribution in [0.2, 0.25) is 10.0 Å². The van der Waals surface area contributed by atoms with Gasteiger partial charge in [0, 0.05) is 19.4 Å². The third-order valence-corrected chi connectivity index (χ3v) is 10.3. The molecule has 10 nitrogen and oxygen atoms in total. The summed E-state index contributed by atoms with van der Waals surface area (Å²) >= 11 is 12.4. The lowest BCUT2D eigenvalue weighted by Crippen LogP contribution is -2.62. The quantitative estimate of drug-likeness (QED) is 0.0816. The number of halogens is 2. The van der Waals surface area contributed by atoms with Gasteiger partial charge in [-0.3, -0.25) is 19.2 Å². The van der Waals surface area contributed by atoms with Crippen LogP contribution in [0.15, 0.2) is 121 Å². The van der Waals surface area contributed by atoms with E-state index < -0.39 is 59.6 Å². The minimum atomic E-state index is -1.56. The van der Waals surface area contributed by atoms with Crippen molar-refractivity contribution in [3.05, 3.63) is 154 Å². The van der Waals surface area contributed by atoms with Crippen LogP contribution in [0.1, 0.15) is 33.5 Å². The SMILES string of the molecule is O=C(O[C@@H](CCNC(=O)[C@@H]1[C@@H](C(=O)O)[C@@H](C(=O)OCc2ccccc2)[C@@H]1C(=O)OCc1ccccc1)Cc1ccc(Cl)c(Cl)c1)c1ccc2ccccc2c1. The Morgan fingerprint density at radius 1 is 0.618 bits per heavy atom. The molecule has 0 saturated heterocycles. The van der Waals surface area contributed by atoms with Crippen molar-refractivity contribution in [2.24, 2.45) is 23.7 Å². The third kappa shape index (κ3) is 9.70. The predicted molar refractivity (Wildman–Crippen MR) is 205 cm³/mol. The van der Waals surface area contributed by atoms with Crippen molar-refractivity contribution in [1.82, 2.24) is 5.32 Å². The zero-order valence-electron chi connectivity index (χ0n) is 29.4. The number of rotatable bonds is 15. The van der Waals surface area contributed by atoms with Gasteiger partial charge in [-0.05, 0) is 51.7 Å². The Hall–Kier alpha value is -5.71. The van der Waals surface area contributed by atoms with Crippen molar-refractivity contribution >= 4 is 63.8 Å².